The summed E-state index contributed by atoms with van der Waals surface area (Å²) in [6, 6.07) is 1.23. The summed E-state index contributed by atoms with van der Waals surface area (Å²) in [6.07, 6.45) is -5.86. The molecule has 1 aromatic heterocycles. The normalized spacial score (nSPS) is 11.9. The third kappa shape index (κ3) is 4.93. The summed E-state index contributed by atoms with van der Waals surface area (Å²) in [5.41, 5.74) is -2.79. The summed E-state index contributed by atoms with van der Waals surface area (Å²) in [5, 5.41) is 10.8. The van der Waals surface area contributed by atoms with Gasteiger partial charge in [-0.05, 0) is 32.9 Å². The first-order valence-electron chi connectivity index (χ1n) is 5.71. The first-order chi connectivity index (χ1) is 9.40. The lowest BCUT2D eigenvalue weighted by Gasteiger charge is -2.20. The zero-order chi connectivity index (χ0) is 16.4. The van der Waals surface area contributed by atoms with Gasteiger partial charge in [0.15, 0.2) is 5.82 Å². The number of alkyl halides is 3. The number of carboxylic acid groups (broad SMARTS) is 1. The number of rotatable bonds is 2. The summed E-state index contributed by atoms with van der Waals surface area (Å²) >= 11 is 0. The van der Waals surface area contributed by atoms with E-state index in [9.17, 15) is 22.8 Å². The Morgan fingerprint density at radius 2 is 1.81 bits per heavy atom. The number of amides is 1. The Morgan fingerprint density at radius 3 is 2.24 bits per heavy atom. The lowest BCUT2D eigenvalue weighted by molar-refractivity contribution is -0.141. The molecule has 2 N–H and O–H groups in total. The number of anilines is 1. The van der Waals surface area contributed by atoms with Crippen LogP contribution in [-0.4, -0.2) is 27.8 Å². The van der Waals surface area contributed by atoms with Crippen molar-refractivity contribution in [2.45, 2.75) is 32.5 Å². The first kappa shape index (κ1) is 16.7. The van der Waals surface area contributed by atoms with E-state index in [0.29, 0.717) is 12.1 Å². The molecule has 6 nitrogen and oxygen atoms in total. The average molecular weight is 306 g/mol. The number of aromatic nitrogens is 1. The molecule has 0 unspecified atom stereocenters. The lowest BCUT2D eigenvalue weighted by atomic mass is 10.2. The van der Waals surface area contributed by atoms with Crippen LogP contribution >= 0.6 is 0 Å². The predicted molar refractivity (Wildman–Crippen MR) is 66.1 cm³/mol. The molecule has 1 amide bonds. The second-order valence-electron chi connectivity index (χ2n) is 5.02. The number of carboxylic acids is 1. The summed E-state index contributed by atoms with van der Waals surface area (Å²) in [6.45, 7) is 4.64. The van der Waals surface area contributed by atoms with Crippen LogP contribution in [0.4, 0.5) is 23.8 Å². The van der Waals surface area contributed by atoms with Crippen molar-refractivity contribution in [3.63, 3.8) is 0 Å². The minimum Gasteiger partial charge on any atom is -0.478 e. The second-order valence-corrected chi connectivity index (χ2v) is 5.02. The van der Waals surface area contributed by atoms with Crippen molar-refractivity contribution in [1.29, 1.82) is 0 Å². The number of ether oxygens (including phenoxy) is 1. The minimum atomic E-state index is -4.76. The van der Waals surface area contributed by atoms with Gasteiger partial charge in [-0.15, -0.1) is 0 Å². The van der Waals surface area contributed by atoms with E-state index in [-0.39, 0.29) is 0 Å². The summed E-state index contributed by atoms with van der Waals surface area (Å²) < 4.78 is 42.5. The van der Waals surface area contributed by atoms with Crippen LogP contribution < -0.4 is 5.32 Å². The molecular formula is C12H13F3N2O4. The molecule has 116 valence electrons. The Balaban J connectivity index is 3.13. The van der Waals surface area contributed by atoms with Crippen molar-refractivity contribution in [2.75, 3.05) is 5.32 Å². The fourth-order valence-electron chi connectivity index (χ4n) is 1.29. The summed E-state index contributed by atoms with van der Waals surface area (Å²) in [4.78, 5) is 25.6. The average Bonchev–Trinajstić information content (AvgIpc) is 2.24. The lowest BCUT2D eigenvalue weighted by Crippen LogP contribution is -2.28. The topological polar surface area (TPSA) is 88.5 Å². The van der Waals surface area contributed by atoms with Gasteiger partial charge in [-0.3, -0.25) is 5.32 Å². The third-order valence-corrected chi connectivity index (χ3v) is 2.04. The van der Waals surface area contributed by atoms with Gasteiger partial charge in [-0.25, -0.2) is 14.6 Å². The Kier molecular flexibility index (Phi) is 4.45. The maximum Gasteiger partial charge on any atom is 0.433 e. The quantitative estimate of drug-likeness (QED) is 0.876. The van der Waals surface area contributed by atoms with Gasteiger partial charge in [-0.1, -0.05) is 0 Å². The molecule has 9 heteroatoms. The van der Waals surface area contributed by atoms with Crippen molar-refractivity contribution in [1.82, 2.24) is 4.98 Å². The highest BCUT2D eigenvalue weighted by molar-refractivity contribution is 5.97. The molecule has 1 heterocycles. The van der Waals surface area contributed by atoms with E-state index >= 15 is 0 Å². The minimum absolute atomic E-state index is 0.518. The Bertz CT molecular complexity index is 565. The van der Waals surface area contributed by atoms with E-state index in [1.54, 1.807) is 20.8 Å². The highest BCUT2D eigenvalue weighted by Gasteiger charge is 2.34. The molecule has 0 aliphatic carbocycles. The number of hydrogen-bond donors (Lipinski definition) is 2. The molecular weight excluding hydrogens is 293 g/mol. The van der Waals surface area contributed by atoms with Crippen molar-refractivity contribution in [3.8, 4) is 0 Å². The van der Waals surface area contributed by atoms with Crippen LogP contribution in [0.15, 0.2) is 12.1 Å². The van der Waals surface area contributed by atoms with Gasteiger partial charge in [0.1, 0.15) is 16.9 Å². The van der Waals surface area contributed by atoms with Crippen LogP contribution in [0.3, 0.4) is 0 Å². The van der Waals surface area contributed by atoms with Crippen molar-refractivity contribution < 1.29 is 32.6 Å². The molecule has 0 aromatic carbocycles. The van der Waals surface area contributed by atoms with E-state index in [4.69, 9.17) is 9.84 Å². The molecule has 21 heavy (non-hydrogen) atoms. The number of pyridine rings is 1. The van der Waals surface area contributed by atoms with Crippen molar-refractivity contribution in [3.05, 3.63) is 23.4 Å². The van der Waals surface area contributed by atoms with E-state index < -0.39 is 40.9 Å². The van der Waals surface area contributed by atoms with Gasteiger partial charge in [-0.2, -0.15) is 13.2 Å². The molecule has 0 aliphatic heterocycles. The van der Waals surface area contributed by atoms with E-state index in [0.717, 1.165) is 0 Å². The molecule has 0 radical (unpaired) electrons. The molecule has 0 saturated heterocycles. The molecule has 0 saturated carbocycles. The standard InChI is InChI=1S/C12H13F3N2O4/c1-11(2,3)21-10(20)17-8-6(9(18)19)4-5-7(16-8)12(13,14)15/h4-5H,1-3H3,(H,18,19)(H,16,17,20). The number of carbonyl (C=O) groups is 2. The molecule has 0 bridgehead atoms. The first-order valence-corrected chi connectivity index (χ1v) is 5.71. The fourth-order valence-corrected chi connectivity index (χ4v) is 1.29. The SMILES string of the molecule is CC(C)(C)OC(=O)Nc1nc(C(F)(F)F)ccc1C(=O)O. The van der Waals surface area contributed by atoms with E-state index in [1.165, 1.54) is 0 Å². The highest BCUT2D eigenvalue weighted by atomic mass is 19.4. The van der Waals surface area contributed by atoms with Crippen LogP contribution in [0, 0.1) is 0 Å². The Hall–Kier alpha value is -2.32. The molecule has 0 aliphatic rings. The number of nitrogens with zero attached hydrogens (tertiary/aromatic N) is 1. The molecule has 0 fully saturated rings. The molecule has 0 spiro atoms. The van der Waals surface area contributed by atoms with E-state index in [1.807, 2.05) is 5.32 Å². The van der Waals surface area contributed by atoms with Gasteiger partial charge in [0.05, 0.1) is 0 Å². The third-order valence-electron chi connectivity index (χ3n) is 2.04. The number of hydrogen-bond acceptors (Lipinski definition) is 4. The van der Waals surface area contributed by atoms with Gasteiger partial charge < -0.3 is 9.84 Å². The van der Waals surface area contributed by atoms with Crippen molar-refractivity contribution >= 4 is 17.9 Å². The number of aromatic carboxylic acids is 1. The number of carbonyl (C=O) groups excluding carboxylic acids is 1. The zero-order valence-electron chi connectivity index (χ0n) is 11.4. The van der Waals surface area contributed by atoms with Crippen molar-refractivity contribution in [2.24, 2.45) is 0 Å². The Labute approximate surface area is 117 Å². The van der Waals surface area contributed by atoms with E-state index in [2.05, 4.69) is 4.98 Å². The Morgan fingerprint density at radius 1 is 1.24 bits per heavy atom. The van der Waals surface area contributed by atoms with Gasteiger partial charge in [0.2, 0.25) is 0 Å². The molecule has 1 rings (SSSR count). The number of nitrogens with one attached hydrogen (secondary N) is 1. The predicted octanol–water partition coefficient (Wildman–Crippen LogP) is 3.15. The summed E-state index contributed by atoms with van der Waals surface area (Å²) in [7, 11) is 0. The maximum atomic E-state index is 12.6. The summed E-state index contributed by atoms with van der Waals surface area (Å²) in [5.74, 6) is -2.26. The highest BCUT2D eigenvalue weighted by Crippen LogP contribution is 2.29. The maximum absolute atomic E-state index is 12.6. The van der Waals surface area contributed by atoms with Gasteiger partial charge in [0, 0.05) is 0 Å². The van der Waals surface area contributed by atoms with Crippen LogP contribution in [0.25, 0.3) is 0 Å². The van der Waals surface area contributed by atoms with Crippen LogP contribution in [0.1, 0.15) is 36.8 Å². The smallest absolute Gasteiger partial charge is 0.433 e. The van der Waals surface area contributed by atoms with Crippen LogP contribution in [0.2, 0.25) is 0 Å². The van der Waals surface area contributed by atoms with Crippen LogP contribution in [-0.2, 0) is 10.9 Å². The number of halogens is 3. The second kappa shape index (κ2) is 5.58. The van der Waals surface area contributed by atoms with Crippen LogP contribution in [0.5, 0.6) is 0 Å². The zero-order valence-corrected chi connectivity index (χ0v) is 11.4. The molecule has 0 atom stereocenters. The monoisotopic (exact) mass is 306 g/mol. The van der Waals surface area contributed by atoms with Gasteiger partial charge in [0.25, 0.3) is 0 Å². The fraction of sp³-hybridized carbons (Fsp3) is 0.417. The molecule has 1 aromatic rings. The largest absolute Gasteiger partial charge is 0.478 e. The van der Waals surface area contributed by atoms with Gasteiger partial charge >= 0.3 is 18.2 Å².